The molecule has 0 aliphatic carbocycles. The van der Waals surface area contributed by atoms with Crippen molar-refractivity contribution in [1.82, 2.24) is 15.0 Å². The molecule has 0 bridgehead atoms. The topological polar surface area (TPSA) is 98.3 Å². The Morgan fingerprint density at radius 3 is 2.38 bits per heavy atom. The van der Waals surface area contributed by atoms with E-state index in [4.69, 9.17) is 9.47 Å². The number of esters is 1. The number of rotatable bonds is 9. The molecule has 0 saturated carbocycles. The molecular weight excluding hydrogens is 413 g/mol. The van der Waals surface area contributed by atoms with Crippen molar-refractivity contribution < 1.29 is 18.7 Å². The number of carbonyl (C=O) groups excluding carboxylic acids is 1. The predicted molar refractivity (Wildman–Crippen MR) is 120 cm³/mol. The third kappa shape index (κ3) is 6.13. The first kappa shape index (κ1) is 22.9. The average Bonchev–Trinajstić information content (AvgIpc) is 2.77. The van der Waals surface area contributed by atoms with Crippen LogP contribution in [0.1, 0.15) is 20.3 Å². The van der Waals surface area contributed by atoms with Crippen LogP contribution in [0.5, 0.6) is 5.75 Å². The maximum absolute atomic E-state index is 13.6. The van der Waals surface area contributed by atoms with E-state index >= 15 is 0 Å². The van der Waals surface area contributed by atoms with Crippen LogP contribution in [0.25, 0.3) is 11.4 Å². The number of aromatic nitrogens is 3. The molecule has 0 aliphatic rings. The van der Waals surface area contributed by atoms with Crippen molar-refractivity contribution in [1.29, 1.82) is 0 Å². The Hall–Kier alpha value is -3.75. The van der Waals surface area contributed by atoms with Gasteiger partial charge >= 0.3 is 5.97 Å². The molecule has 0 saturated heterocycles. The number of ether oxygens (including phenoxy) is 2. The number of carbonyl (C=O) groups is 1. The molecule has 1 heterocycles. The summed E-state index contributed by atoms with van der Waals surface area (Å²) >= 11 is 0. The van der Waals surface area contributed by atoms with Crippen LogP contribution in [-0.2, 0) is 9.53 Å². The number of anilines is 3. The van der Waals surface area contributed by atoms with Gasteiger partial charge in [0.2, 0.25) is 11.9 Å². The maximum atomic E-state index is 13.6. The average molecular weight is 439 g/mol. The molecule has 0 amide bonds. The molecule has 2 aromatic carbocycles. The van der Waals surface area contributed by atoms with E-state index in [1.165, 1.54) is 19.2 Å². The summed E-state index contributed by atoms with van der Waals surface area (Å²) in [6.07, 6.45) is 0.531. The molecule has 0 radical (unpaired) electrons. The highest BCUT2D eigenvalue weighted by Gasteiger charge is 2.22. The summed E-state index contributed by atoms with van der Waals surface area (Å²) in [5, 5.41) is 6.05. The van der Waals surface area contributed by atoms with E-state index in [1.807, 2.05) is 26.0 Å². The molecule has 3 aromatic rings. The van der Waals surface area contributed by atoms with Crippen molar-refractivity contribution in [2.24, 2.45) is 5.92 Å². The Balaban J connectivity index is 1.99. The second-order valence-electron chi connectivity index (χ2n) is 7.52. The number of nitrogens with one attached hydrogen (secondary N) is 2. The first-order valence-corrected chi connectivity index (χ1v) is 10.2. The molecule has 32 heavy (non-hydrogen) atoms. The number of methoxy groups -OCH3 is 2. The standard InChI is InChI=1S/C23H26FN5O3/c1-14(2)12-19(21(30)32-4)26-23-28-20(15-8-10-18(31-3)11-9-15)27-22(29-23)25-17-7-5-6-16(24)13-17/h5-11,13-14,19H,12H2,1-4H3,(H2,25,26,27,28,29)/t19-/m1/s1. The Labute approximate surface area is 186 Å². The summed E-state index contributed by atoms with van der Waals surface area (Å²) in [6.45, 7) is 4.01. The lowest BCUT2D eigenvalue weighted by molar-refractivity contribution is -0.141. The van der Waals surface area contributed by atoms with Crippen LogP contribution in [0.3, 0.4) is 0 Å². The van der Waals surface area contributed by atoms with Crippen LogP contribution in [-0.4, -0.2) is 41.2 Å². The molecule has 168 valence electrons. The molecule has 1 atom stereocenters. The van der Waals surface area contributed by atoms with E-state index < -0.39 is 12.0 Å². The number of benzene rings is 2. The fourth-order valence-electron chi connectivity index (χ4n) is 3.04. The van der Waals surface area contributed by atoms with Gasteiger partial charge in [-0.1, -0.05) is 19.9 Å². The van der Waals surface area contributed by atoms with Gasteiger partial charge in [-0.2, -0.15) is 15.0 Å². The molecular formula is C23H26FN5O3. The SMILES string of the molecule is COC(=O)[C@@H](CC(C)C)Nc1nc(Nc2cccc(F)c2)nc(-c2ccc(OC)cc2)n1. The van der Waals surface area contributed by atoms with E-state index in [0.29, 0.717) is 23.7 Å². The van der Waals surface area contributed by atoms with Crippen LogP contribution in [0.15, 0.2) is 48.5 Å². The molecule has 0 aliphatic heterocycles. The second kappa shape index (κ2) is 10.5. The Morgan fingerprint density at radius 1 is 1.03 bits per heavy atom. The van der Waals surface area contributed by atoms with Gasteiger partial charge < -0.3 is 20.1 Å². The molecule has 8 nitrogen and oxygen atoms in total. The fourth-order valence-corrected chi connectivity index (χ4v) is 3.04. The number of nitrogens with zero attached hydrogens (tertiary/aromatic N) is 3. The van der Waals surface area contributed by atoms with Gasteiger partial charge in [0, 0.05) is 11.3 Å². The van der Waals surface area contributed by atoms with E-state index in [1.54, 1.807) is 31.4 Å². The van der Waals surface area contributed by atoms with Crippen LogP contribution in [0.4, 0.5) is 22.0 Å². The van der Waals surface area contributed by atoms with Crippen LogP contribution >= 0.6 is 0 Å². The summed E-state index contributed by atoms with van der Waals surface area (Å²) < 4.78 is 23.7. The summed E-state index contributed by atoms with van der Waals surface area (Å²) in [4.78, 5) is 25.6. The lowest BCUT2D eigenvalue weighted by atomic mass is 10.0. The van der Waals surface area contributed by atoms with Gasteiger partial charge in [-0.05, 0) is 54.8 Å². The van der Waals surface area contributed by atoms with E-state index in [-0.39, 0.29) is 23.6 Å². The lowest BCUT2D eigenvalue weighted by Gasteiger charge is -2.19. The second-order valence-corrected chi connectivity index (χ2v) is 7.52. The molecule has 9 heteroatoms. The van der Waals surface area contributed by atoms with Crippen molar-refractivity contribution in [3.8, 4) is 17.1 Å². The minimum Gasteiger partial charge on any atom is -0.497 e. The maximum Gasteiger partial charge on any atom is 0.328 e. The Morgan fingerprint density at radius 2 is 1.75 bits per heavy atom. The predicted octanol–water partition coefficient (Wildman–Crippen LogP) is 4.43. The molecule has 3 rings (SSSR count). The number of hydrogen-bond donors (Lipinski definition) is 2. The van der Waals surface area contributed by atoms with Crippen molar-refractivity contribution in [3.63, 3.8) is 0 Å². The van der Waals surface area contributed by atoms with Gasteiger partial charge in [-0.25, -0.2) is 9.18 Å². The van der Waals surface area contributed by atoms with Gasteiger partial charge in [0.25, 0.3) is 0 Å². The van der Waals surface area contributed by atoms with E-state index in [2.05, 4.69) is 25.6 Å². The third-order valence-corrected chi connectivity index (χ3v) is 4.56. The van der Waals surface area contributed by atoms with Gasteiger partial charge in [0.1, 0.15) is 17.6 Å². The highest BCUT2D eigenvalue weighted by molar-refractivity contribution is 5.78. The zero-order valence-corrected chi connectivity index (χ0v) is 18.4. The van der Waals surface area contributed by atoms with Gasteiger partial charge in [0.05, 0.1) is 14.2 Å². The zero-order chi connectivity index (χ0) is 23.1. The van der Waals surface area contributed by atoms with Crippen LogP contribution in [0, 0.1) is 11.7 Å². The van der Waals surface area contributed by atoms with Crippen molar-refractivity contribution in [2.75, 3.05) is 24.9 Å². The molecule has 2 N–H and O–H groups in total. The minimum atomic E-state index is -0.631. The normalized spacial score (nSPS) is 11.7. The van der Waals surface area contributed by atoms with E-state index in [0.717, 1.165) is 5.56 Å². The summed E-state index contributed by atoms with van der Waals surface area (Å²) in [5.41, 5.74) is 1.20. The van der Waals surface area contributed by atoms with Crippen molar-refractivity contribution in [2.45, 2.75) is 26.3 Å². The number of hydrogen-bond acceptors (Lipinski definition) is 8. The molecule has 1 aromatic heterocycles. The van der Waals surface area contributed by atoms with Crippen LogP contribution in [0.2, 0.25) is 0 Å². The fraction of sp³-hybridized carbons (Fsp3) is 0.304. The van der Waals surface area contributed by atoms with Crippen molar-refractivity contribution >= 4 is 23.6 Å². The monoisotopic (exact) mass is 439 g/mol. The van der Waals surface area contributed by atoms with E-state index in [9.17, 15) is 9.18 Å². The summed E-state index contributed by atoms with van der Waals surface area (Å²) in [7, 11) is 2.92. The molecule has 0 spiro atoms. The highest BCUT2D eigenvalue weighted by Crippen LogP contribution is 2.23. The Kier molecular flexibility index (Phi) is 7.54. The van der Waals surface area contributed by atoms with Crippen LogP contribution < -0.4 is 15.4 Å². The quantitative estimate of drug-likeness (QED) is 0.473. The summed E-state index contributed by atoms with van der Waals surface area (Å²) in [6, 6.07) is 12.5. The smallest absolute Gasteiger partial charge is 0.328 e. The largest absolute Gasteiger partial charge is 0.497 e. The highest BCUT2D eigenvalue weighted by atomic mass is 19.1. The first-order valence-electron chi connectivity index (χ1n) is 10.2. The van der Waals surface area contributed by atoms with Gasteiger partial charge in [-0.15, -0.1) is 0 Å². The zero-order valence-electron chi connectivity index (χ0n) is 18.4. The van der Waals surface area contributed by atoms with Gasteiger partial charge in [-0.3, -0.25) is 0 Å². The minimum absolute atomic E-state index is 0.195. The first-order chi connectivity index (χ1) is 15.4. The lowest BCUT2D eigenvalue weighted by Crippen LogP contribution is -2.33. The molecule has 0 fully saturated rings. The molecule has 0 unspecified atom stereocenters. The third-order valence-electron chi connectivity index (χ3n) is 4.56. The van der Waals surface area contributed by atoms with Crippen molar-refractivity contribution in [3.05, 3.63) is 54.3 Å². The number of halogens is 1. The van der Waals surface area contributed by atoms with Gasteiger partial charge in [0.15, 0.2) is 5.82 Å². The summed E-state index contributed by atoms with van der Waals surface area (Å²) in [5.74, 6) is 0.900. The Bertz CT molecular complexity index is 1060.